The van der Waals surface area contributed by atoms with Crippen LogP contribution in [0.15, 0.2) is 42.6 Å². The lowest BCUT2D eigenvalue weighted by Gasteiger charge is -2.40. The quantitative estimate of drug-likeness (QED) is 0.262. The van der Waals surface area contributed by atoms with Crippen molar-refractivity contribution < 1.29 is 34.1 Å². The van der Waals surface area contributed by atoms with Crippen molar-refractivity contribution in [2.24, 2.45) is 0 Å². The SMILES string of the molecule is CCO[C@H]1CCN(Cc2c(OC)cc(C)c3[nH]ccc23)[C@H](c2ccc(C(=O)N[C@@H](CCC(=O)O)C(=O)O)cc2)C1. The molecule has 3 aromatic rings. The second kappa shape index (κ2) is 13.0. The van der Waals surface area contributed by atoms with E-state index in [1.54, 1.807) is 19.2 Å². The molecule has 10 heteroatoms. The molecular formula is C30H37N3O7. The molecule has 0 radical (unpaired) electrons. The number of piperidine rings is 1. The van der Waals surface area contributed by atoms with E-state index in [4.69, 9.17) is 14.6 Å². The van der Waals surface area contributed by atoms with Gasteiger partial charge in [-0.3, -0.25) is 14.5 Å². The number of aliphatic carboxylic acids is 2. The molecule has 1 aliphatic rings. The number of hydrogen-bond acceptors (Lipinski definition) is 6. The lowest BCUT2D eigenvalue weighted by Crippen LogP contribution is -2.41. The zero-order valence-corrected chi connectivity index (χ0v) is 23.1. The molecular weight excluding hydrogens is 514 g/mol. The number of nitrogens with zero attached hydrogens (tertiary/aromatic N) is 1. The van der Waals surface area contributed by atoms with Crippen LogP contribution in [0.25, 0.3) is 10.9 Å². The van der Waals surface area contributed by atoms with Gasteiger partial charge in [0.05, 0.1) is 13.2 Å². The van der Waals surface area contributed by atoms with Crippen molar-refractivity contribution in [1.29, 1.82) is 0 Å². The highest BCUT2D eigenvalue weighted by atomic mass is 16.5. The van der Waals surface area contributed by atoms with E-state index in [1.807, 2.05) is 25.3 Å². The standard InChI is InChI=1S/C30H37N3O7/c1-4-40-21-12-14-33(17-23-22-11-13-31-28(22)18(2)15-26(23)39-3)25(16-21)19-5-7-20(8-6-19)29(36)32-24(30(37)38)9-10-27(34)35/h5-8,11,13,15,21,24-25,31H,4,9-10,12,14,16-17H2,1-3H3,(H,32,36)(H,34,35)(H,37,38)/t21-,24-,25-/m0/s1. The minimum Gasteiger partial charge on any atom is -0.496 e. The maximum absolute atomic E-state index is 12.8. The van der Waals surface area contributed by atoms with Crippen LogP contribution >= 0.6 is 0 Å². The van der Waals surface area contributed by atoms with E-state index in [2.05, 4.69) is 34.3 Å². The molecule has 0 unspecified atom stereocenters. The number of likely N-dealkylation sites (tertiary alicyclic amines) is 1. The number of aryl methyl sites for hydroxylation is 1. The number of ether oxygens (including phenoxy) is 2. The molecule has 0 aliphatic carbocycles. The number of rotatable bonds is 12. The number of fused-ring (bicyclic) bond motifs is 1. The largest absolute Gasteiger partial charge is 0.496 e. The van der Waals surface area contributed by atoms with E-state index < -0.39 is 23.9 Å². The summed E-state index contributed by atoms with van der Waals surface area (Å²) in [4.78, 5) is 40.9. The Labute approximate surface area is 233 Å². The van der Waals surface area contributed by atoms with Gasteiger partial charge in [-0.25, -0.2) is 4.79 Å². The molecule has 0 bridgehead atoms. The van der Waals surface area contributed by atoms with Crippen molar-refractivity contribution in [3.8, 4) is 5.75 Å². The van der Waals surface area contributed by atoms with Gasteiger partial charge >= 0.3 is 11.9 Å². The zero-order chi connectivity index (χ0) is 28.8. The summed E-state index contributed by atoms with van der Waals surface area (Å²) in [5, 5.41) is 21.8. The van der Waals surface area contributed by atoms with Gasteiger partial charge in [0.2, 0.25) is 0 Å². The lowest BCUT2D eigenvalue weighted by atomic mass is 9.91. The van der Waals surface area contributed by atoms with E-state index in [-0.39, 0.29) is 25.0 Å². The van der Waals surface area contributed by atoms with Crippen LogP contribution in [-0.4, -0.2) is 70.3 Å². The third-order valence-electron chi connectivity index (χ3n) is 7.57. The summed E-state index contributed by atoms with van der Waals surface area (Å²) in [6, 6.07) is 10.0. The average Bonchev–Trinajstić information content (AvgIpc) is 3.44. The number of methoxy groups -OCH3 is 1. The molecule has 1 aromatic heterocycles. The van der Waals surface area contributed by atoms with Crippen molar-refractivity contribution in [3.05, 3.63) is 64.8 Å². The third-order valence-corrected chi connectivity index (χ3v) is 7.57. The number of aromatic nitrogens is 1. The maximum Gasteiger partial charge on any atom is 0.326 e. The van der Waals surface area contributed by atoms with Crippen LogP contribution in [0.1, 0.15) is 65.7 Å². The highest BCUT2D eigenvalue weighted by Gasteiger charge is 2.31. The predicted octanol–water partition coefficient (Wildman–Crippen LogP) is 4.27. The first-order valence-corrected chi connectivity index (χ1v) is 13.6. The van der Waals surface area contributed by atoms with Gasteiger partial charge in [0.15, 0.2) is 0 Å². The molecule has 1 saturated heterocycles. The van der Waals surface area contributed by atoms with Crippen LogP contribution in [-0.2, 0) is 20.9 Å². The van der Waals surface area contributed by atoms with Gasteiger partial charge in [-0.15, -0.1) is 0 Å². The zero-order valence-electron chi connectivity index (χ0n) is 23.1. The van der Waals surface area contributed by atoms with Crippen molar-refractivity contribution in [3.63, 3.8) is 0 Å². The Morgan fingerprint density at radius 3 is 2.58 bits per heavy atom. The van der Waals surface area contributed by atoms with Gasteiger partial charge in [-0.05, 0) is 68.5 Å². The summed E-state index contributed by atoms with van der Waals surface area (Å²) >= 11 is 0. The number of H-pyrrole nitrogens is 1. The Bertz CT molecular complexity index is 1350. The molecule has 1 amide bonds. The molecule has 0 saturated carbocycles. The van der Waals surface area contributed by atoms with Crippen LogP contribution in [0.5, 0.6) is 5.75 Å². The van der Waals surface area contributed by atoms with Gasteiger partial charge < -0.3 is 30.0 Å². The number of amides is 1. The molecule has 1 fully saturated rings. The molecule has 2 aromatic carbocycles. The Hall–Kier alpha value is -3.89. The molecule has 3 atom stereocenters. The van der Waals surface area contributed by atoms with Crippen molar-refractivity contribution in [1.82, 2.24) is 15.2 Å². The van der Waals surface area contributed by atoms with Crippen LogP contribution in [0.2, 0.25) is 0 Å². The Balaban J connectivity index is 1.57. The summed E-state index contributed by atoms with van der Waals surface area (Å²) < 4.78 is 11.8. The number of carbonyl (C=O) groups is 3. The second-order valence-electron chi connectivity index (χ2n) is 10.1. The molecule has 10 nitrogen and oxygen atoms in total. The fraction of sp³-hybridized carbons (Fsp3) is 0.433. The third kappa shape index (κ3) is 6.63. The molecule has 2 heterocycles. The number of carbonyl (C=O) groups excluding carboxylic acids is 1. The fourth-order valence-corrected chi connectivity index (χ4v) is 5.51. The fourth-order valence-electron chi connectivity index (χ4n) is 5.51. The highest BCUT2D eigenvalue weighted by molar-refractivity contribution is 5.96. The van der Waals surface area contributed by atoms with Crippen LogP contribution in [0.3, 0.4) is 0 Å². The van der Waals surface area contributed by atoms with Gasteiger partial charge in [-0.1, -0.05) is 12.1 Å². The normalized spacial score (nSPS) is 18.4. The molecule has 214 valence electrons. The predicted molar refractivity (Wildman–Crippen MR) is 150 cm³/mol. The topological polar surface area (TPSA) is 141 Å². The number of carboxylic acid groups (broad SMARTS) is 2. The number of aromatic amines is 1. The molecule has 1 aliphatic heterocycles. The Kier molecular flexibility index (Phi) is 9.44. The van der Waals surface area contributed by atoms with Crippen molar-refractivity contribution in [2.45, 2.75) is 64.3 Å². The smallest absolute Gasteiger partial charge is 0.326 e. The maximum atomic E-state index is 12.8. The van der Waals surface area contributed by atoms with Gasteiger partial charge in [0.25, 0.3) is 5.91 Å². The molecule has 0 spiro atoms. The minimum absolute atomic E-state index is 0.0322. The molecule has 40 heavy (non-hydrogen) atoms. The molecule has 4 rings (SSSR count). The number of hydrogen-bond donors (Lipinski definition) is 4. The summed E-state index contributed by atoms with van der Waals surface area (Å²) in [5.41, 5.74) is 4.66. The van der Waals surface area contributed by atoms with E-state index in [9.17, 15) is 19.5 Å². The first kappa shape index (κ1) is 29.1. The van der Waals surface area contributed by atoms with Crippen LogP contribution in [0.4, 0.5) is 0 Å². The van der Waals surface area contributed by atoms with Crippen molar-refractivity contribution in [2.75, 3.05) is 20.3 Å². The van der Waals surface area contributed by atoms with E-state index in [1.165, 1.54) is 0 Å². The second-order valence-corrected chi connectivity index (χ2v) is 10.1. The average molecular weight is 552 g/mol. The van der Waals surface area contributed by atoms with Crippen molar-refractivity contribution >= 4 is 28.7 Å². The van der Waals surface area contributed by atoms with Gasteiger partial charge in [0.1, 0.15) is 11.8 Å². The number of nitrogens with one attached hydrogen (secondary N) is 2. The van der Waals surface area contributed by atoms with E-state index in [0.717, 1.165) is 52.7 Å². The monoisotopic (exact) mass is 551 g/mol. The van der Waals surface area contributed by atoms with E-state index >= 15 is 0 Å². The summed E-state index contributed by atoms with van der Waals surface area (Å²) in [6.07, 6.45) is 3.21. The number of carboxylic acids is 2. The number of benzene rings is 2. The summed E-state index contributed by atoms with van der Waals surface area (Å²) in [5.74, 6) is -2.10. The highest BCUT2D eigenvalue weighted by Crippen LogP contribution is 2.38. The van der Waals surface area contributed by atoms with Crippen LogP contribution < -0.4 is 10.1 Å². The molecule has 4 N–H and O–H groups in total. The Morgan fingerprint density at radius 1 is 1.18 bits per heavy atom. The minimum atomic E-state index is -1.28. The van der Waals surface area contributed by atoms with E-state index in [0.29, 0.717) is 18.7 Å². The first-order chi connectivity index (χ1) is 19.2. The summed E-state index contributed by atoms with van der Waals surface area (Å²) in [6.45, 7) is 6.19. The Morgan fingerprint density at radius 2 is 1.93 bits per heavy atom. The first-order valence-electron chi connectivity index (χ1n) is 13.6. The van der Waals surface area contributed by atoms with Crippen LogP contribution in [0, 0.1) is 6.92 Å². The lowest BCUT2D eigenvalue weighted by molar-refractivity contribution is -0.140. The van der Waals surface area contributed by atoms with Gasteiger partial charge in [-0.2, -0.15) is 0 Å². The summed E-state index contributed by atoms with van der Waals surface area (Å²) in [7, 11) is 1.69. The van der Waals surface area contributed by atoms with Gasteiger partial charge in [0, 0.05) is 60.4 Å².